The average Bonchev–Trinajstić information content (AvgIpc) is 3.34. The van der Waals surface area contributed by atoms with E-state index in [1.807, 2.05) is 51.4 Å². The Labute approximate surface area is 217 Å². The second-order valence-corrected chi connectivity index (χ2v) is 9.98. The maximum Gasteiger partial charge on any atom is 0.266 e. The van der Waals surface area contributed by atoms with E-state index >= 15 is 0 Å². The Kier molecular flexibility index (Phi) is 8.06. The second kappa shape index (κ2) is 11.2. The van der Waals surface area contributed by atoms with Crippen LogP contribution in [-0.4, -0.2) is 77.7 Å². The predicted octanol–water partition coefficient (Wildman–Crippen LogP) is 1.91. The van der Waals surface area contributed by atoms with E-state index in [2.05, 4.69) is 15.2 Å². The third-order valence-corrected chi connectivity index (χ3v) is 6.76. The van der Waals surface area contributed by atoms with Gasteiger partial charge in [0.2, 0.25) is 5.72 Å². The molecule has 0 spiro atoms. The number of aliphatic hydroxyl groups is 1. The number of benzene rings is 2. The standard InChI is InChI=1S/C28H35N5O4/c1-19-14-22(24-6-4-5-7-25(24)31-19)17-37-23-10-8-21(9-11-23)26(34)30-18-28(36,27(29)35)33-13-12-20(16-33)15-32(2)3/h4-11,14,20,36H,12-13,15-18H2,1-3H3,(H2,29,35)(H,30,34)/t20?,28-/m0/s1. The number of para-hydroxylation sites is 1. The summed E-state index contributed by atoms with van der Waals surface area (Å²) in [6, 6.07) is 16.7. The van der Waals surface area contributed by atoms with Gasteiger partial charge in [-0.15, -0.1) is 0 Å². The molecule has 9 heteroatoms. The summed E-state index contributed by atoms with van der Waals surface area (Å²) >= 11 is 0. The number of nitrogens with two attached hydrogens (primary N) is 1. The number of nitrogens with one attached hydrogen (secondary N) is 1. The lowest BCUT2D eigenvalue weighted by Crippen LogP contribution is -2.62. The number of primary amides is 1. The Morgan fingerprint density at radius 1 is 1.22 bits per heavy atom. The zero-order valence-corrected chi connectivity index (χ0v) is 21.6. The molecule has 1 aliphatic rings. The monoisotopic (exact) mass is 505 g/mol. The molecule has 2 heterocycles. The van der Waals surface area contributed by atoms with Crippen LogP contribution < -0.4 is 15.8 Å². The molecule has 0 radical (unpaired) electrons. The van der Waals surface area contributed by atoms with E-state index in [9.17, 15) is 14.7 Å². The molecule has 4 rings (SSSR count). The second-order valence-electron chi connectivity index (χ2n) is 9.98. The summed E-state index contributed by atoms with van der Waals surface area (Å²) < 4.78 is 5.97. The normalized spacial score (nSPS) is 17.6. The van der Waals surface area contributed by atoms with Crippen molar-refractivity contribution >= 4 is 22.7 Å². The first-order chi connectivity index (χ1) is 17.7. The lowest BCUT2D eigenvalue weighted by atomic mass is 10.1. The first-order valence-electron chi connectivity index (χ1n) is 12.4. The first kappa shape index (κ1) is 26.5. The molecule has 1 aliphatic heterocycles. The van der Waals surface area contributed by atoms with Crippen LogP contribution in [0.25, 0.3) is 10.9 Å². The SMILES string of the molecule is Cc1cc(COc2ccc(C(=O)NC[C@](O)(C(N)=O)N3CCC(CN(C)C)C3)cc2)c2ccccc2n1. The highest BCUT2D eigenvalue weighted by atomic mass is 16.5. The van der Waals surface area contributed by atoms with Gasteiger partial charge in [-0.25, -0.2) is 0 Å². The molecular formula is C28H35N5O4. The molecule has 4 N–H and O–H groups in total. The number of carbonyl (C=O) groups is 2. The molecule has 37 heavy (non-hydrogen) atoms. The molecule has 0 bridgehead atoms. The smallest absolute Gasteiger partial charge is 0.266 e. The van der Waals surface area contributed by atoms with Crippen LogP contribution in [0.4, 0.5) is 0 Å². The summed E-state index contributed by atoms with van der Waals surface area (Å²) in [5.74, 6) is -0.349. The van der Waals surface area contributed by atoms with Crippen molar-refractivity contribution in [2.45, 2.75) is 25.7 Å². The van der Waals surface area contributed by atoms with Crippen LogP contribution in [0.5, 0.6) is 5.75 Å². The summed E-state index contributed by atoms with van der Waals surface area (Å²) in [6.45, 7) is 3.95. The van der Waals surface area contributed by atoms with Gasteiger partial charge in [0.15, 0.2) is 0 Å². The Balaban J connectivity index is 1.35. The number of aryl methyl sites for hydroxylation is 1. The van der Waals surface area contributed by atoms with Gasteiger partial charge in [-0.05, 0) is 69.8 Å². The van der Waals surface area contributed by atoms with Crippen LogP contribution in [0.3, 0.4) is 0 Å². The van der Waals surface area contributed by atoms with Crippen LogP contribution in [0, 0.1) is 12.8 Å². The van der Waals surface area contributed by atoms with E-state index in [-0.39, 0.29) is 6.54 Å². The fraction of sp³-hybridized carbons (Fsp3) is 0.393. The van der Waals surface area contributed by atoms with E-state index in [0.717, 1.165) is 35.1 Å². The number of pyridine rings is 1. The van der Waals surface area contributed by atoms with Gasteiger partial charge >= 0.3 is 0 Å². The topological polar surface area (TPSA) is 121 Å². The predicted molar refractivity (Wildman–Crippen MR) is 142 cm³/mol. The van der Waals surface area contributed by atoms with Crippen molar-refractivity contribution in [1.29, 1.82) is 0 Å². The molecule has 0 saturated carbocycles. The Hall–Kier alpha value is -3.53. The van der Waals surface area contributed by atoms with Crippen LogP contribution in [0.2, 0.25) is 0 Å². The van der Waals surface area contributed by atoms with Crippen molar-refractivity contribution in [2.24, 2.45) is 11.7 Å². The number of ether oxygens (including phenoxy) is 1. The highest BCUT2D eigenvalue weighted by Gasteiger charge is 2.44. The summed E-state index contributed by atoms with van der Waals surface area (Å²) in [5.41, 5.74) is 6.87. The van der Waals surface area contributed by atoms with Crippen molar-refractivity contribution in [3.63, 3.8) is 0 Å². The molecule has 1 fully saturated rings. The molecule has 196 valence electrons. The molecule has 1 unspecified atom stereocenters. The molecule has 3 aromatic rings. The molecule has 1 aromatic heterocycles. The van der Waals surface area contributed by atoms with Crippen molar-refractivity contribution < 1.29 is 19.4 Å². The third kappa shape index (κ3) is 6.25. The third-order valence-electron chi connectivity index (χ3n) is 6.76. The highest BCUT2D eigenvalue weighted by Crippen LogP contribution is 2.24. The zero-order valence-electron chi connectivity index (χ0n) is 21.6. The summed E-state index contributed by atoms with van der Waals surface area (Å²) in [5, 5.41) is 14.8. The maximum atomic E-state index is 12.8. The van der Waals surface area contributed by atoms with Gasteiger partial charge in [0.05, 0.1) is 12.1 Å². The number of aromatic nitrogens is 1. The minimum Gasteiger partial charge on any atom is -0.489 e. The van der Waals surface area contributed by atoms with Gasteiger partial charge in [0.1, 0.15) is 12.4 Å². The molecule has 2 atom stereocenters. The number of hydrogen-bond acceptors (Lipinski definition) is 7. The molecule has 9 nitrogen and oxygen atoms in total. The van der Waals surface area contributed by atoms with Crippen LogP contribution in [-0.2, 0) is 11.4 Å². The van der Waals surface area contributed by atoms with Crippen LogP contribution in [0.15, 0.2) is 54.6 Å². The number of likely N-dealkylation sites (tertiary alicyclic amines) is 1. The maximum absolute atomic E-state index is 12.8. The van der Waals surface area contributed by atoms with Gasteiger partial charge in [0.25, 0.3) is 11.8 Å². The van der Waals surface area contributed by atoms with E-state index < -0.39 is 17.5 Å². The number of fused-ring (bicyclic) bond motifs is 1. The van der Waals surface area contributed by atoms with E-state index in [1.165, 1.54) is 0 Å². The minimum atomic E-state index is -1.94. The molecule has 0 aliphatic carbocycles. The summed E-state index contributed by atoms with van der Waals surface area (Å²) in [4.78, 5) is 33.2. The highest BCUT2D eigenvalue weighted by molar-refractivity contribution is 5.95. The molecule has 2 aromatic carbocycles. The quantitative estimate of drug-likeness (QED) is 0.385. The Bertz CT molecular complexity index is 1260. The molecular weight excluding hydrogens is 470 g/mol. The molecule has 2 amide bonds. The van der Waals surface area contributed by atoms with Crippen molar-refractivity contribution in [1.82, 2.24) is 20.1 Å². The van der Waals surface area contributed by atoms with Crippen molar-refractivity contribution in [3.05, 3.63) is 71.4 Å². The number of hydrogen-bond donors (Lipinski definition) is 3. The fourth-order valence-electron chi connectivity index (χ4n) is 4.87. The lowest BCUT2D eigenvalue weighted by Gasteiger charge is -2.34. The first-order valence-corrected chi connectivity index (χ1v) is 12.4. The van der Waals surface area contributed by atoms with Gasteiger partial charge in [-0.1, -0.05) is 18.2 Å². The van der Waals surface area contributed by atoms with E-state index in [4.69, 9.17) is 10.5 Å². The van der Waals surface area contributed by atoms with E-state index in [0.29, 0.717) is 36.9 Å². The van der Waals surface area contributed by atoms with Crippen LogP contribution in [0.1, 0.15) is 28.0 Å². The van der Waals surface area contributed by atoms with Gasteiger partial charge in [-0.2, -0.15) is 0 Å². The summed E-state index contributed by atoms with van der Waals surface area (Å²) in [7, 11) is 3.98. The fourth-order valence-corrected chi connectivity index (χ4v) is 4.87. The Morgan fingerprint density at radius 3 is 2.65 bits per heavy atom. The molecule has 1 saturated heterocycles. The minimum absolute atomic E-state index is 0.289. The van der Waals surface area contributed by atoms with Crippen LogP contribution >= 0.6 is 0 Å². The number of carbonyl (C=O) groups excluding carboxylic acids is 2. The van der Waals surface area contributed by atoms with Crippen molar-refractivity contribution in [3.8, 4) is 5.75 Å². The summed E-state index contributed by atoms with van der Waals surface area (Å²) in [6.07, 6.45) is 0.845. The van der Waals surface area contributed by atoms with Gasteiger partial charge in [-0.3, -0.25) is 19.5 Å². The van der Waals surface area contributed by atoms with Crippen molar-refractivity contribution in [2.75, 3.05) is 40.3 Å². The van der Waals surface area contributed by atoms with E-state index in [1.54, 1.807) is 29.2 Å². The zero-order chi connectivity index (χ0) is 26.6. The number of rotatable bonds is 10. The largest absolute Gasteiger partial charge is 0.489 e. The van der Waals surface area contributed by atoms with Gasteiger partial charge in [0, 0.05) is 41.8 Å². The lowest BCUT2D eigenvalue weighted by molar-refractivity contribution is -0.156. The van der Waals surface area contributed by atoms with Gasteiger partial charge < -0.3 is 25.8 Å². The average molecular weight is 506 g/mol. The number of amides is 2. The Morgan fingerprint density at radius 2 is 1.95 bits per heavy atom. The number of nitrogens with zero attached hydrogens (tertiary/aromatic N) is 3.